The minimum Gasteiger partial charge on any atom is -0.493 e. The number of rotatable bonds is 8. The number of ether oxygens (including phenoxy) is 2. The van der Waals surface area contributed by atoms with Crippen molar-refractivity contribution >= 4 is 22.4 Å². The molecule has 0 atom stereocenters. The first-order valence-corrected chi connectivity index (χ1v) is 10.1. The lowest BCUT2D eigenvalue weighted by Crippen LogP contribution is -2.13. The topological polar surface area (TPSA) is 91.4 Å². The van der Waals surface area contributed by atoms with Gasteiger partial charge in [0.1, 0.15) is 0 Å². The first-order chi connectivity index (χ1) is 13.8. The number of hydrogen-bond acceptors (Lipinski definition) is 6. The van der Waals surface area contributed by atoms with Gasteiger partial charge in [0.15, 0.2) is 16.6 Å². The van der Waals surface area contributed by atoms with Gasteiger partial charge in [-0.15, -0.1) is 11.3 Å². The number of hydrogen-bond donors (Lipinski definition) is 2. The maximum absolute atomic E-state index is 11.9. The predicted molar refractivity (Wildman–Crippen MR) is 116 cm³/mol. The number of nitrogens with one attached hydrogen (secondary N) is 1. The Morgan fingerprint density at radius 3 is 2.59 bits per heavy atom. The summed E-state index contributed by atoms with van der Waals surface area (Å²) in [6.07, 6.45) is 0. The van der Waals surface area contributed by atoms with Crippen LogP contribution in [0, 0.1) is 6.92 Å². The van der Waals surface area contributed by atoms with E-state index in [-0.39, 0.29) is 6.04 Å². The number of benzene rings is 1. The lowest BCUT2D eigenvalue weighted by atomic mass is 10.2. The zero-order chi connectivity index (χ0) is 21.1. The van der Waals surface area contributed by atoms with E-state index >= 15 is 0 Å². The average molecular weight is 415 g/mol. The van der Waals surface area contributed by atoms with Gasteiger partial charge in [0.2, 0.25) is 0 Å². The maximum atomic E-state index is 11.9. The molecule has 0 saturated carbocycles. The van der Waals surface area contributed by atoms with E-state index in [9.17, 15) is 4.79 Å². The summed E-state index contributed by atoms with van der Waals surface area (Å²) in [6.45, 7) is 6.57. The van der Waals surface area contributed by atoms with Gasteiger partial charge in [-0.1, -0.05) is 6.07 Å². The van der Waals surface area contributed by atoms with Crippen LogP contribution in [0.1, 0.15) is 35.5 Å². The zero-order valence-corrected chi connectivity index (χ0v) is 18.1. The van der Waals surface area contributed by atoms with Crippen molar-refractivity contribution < 1.29 is 14.3 Å². The average Bonchev–Trinajstić information content (AvgIpc) is 3.26. The van der Waals surface area contributed by atoms with Crippen molar-refractivity contribution in [2.45, 2.75) is 33.4 Å². The van der Waals surface area contributed by atoms with Crippen LogP contribution in [0.2, 0.25) is 0 Å². The number of amides is 1. The number of nitrogens with two attached hydrogens (primary N) is 1. The molecule has 2 aromatic heterocycles. The van der Waals surface area contributed by atoms with Crippen molar-refractivity contribution in [2.24, 2.45) is 5.73 Å². The van der Waals surface area contributed by atoms with Crippen LogP contribution >= 0.6 is 11.3 Å². The van der Waals surface area contributed by atoms with Gasteiger partial charge in [0, 0.05) is 23.7 Å². The SMILES string of the molecule is COc1ccc(Cn2c(-c3csc(NC(C)C)n3)cc(C(N)=O)c2C)cc1OC. The van der Waals surface area contributed by atoms with Gasteiger partial charge in [0.05, 0.1) is 31.2 Å². The van der Waals surface area contributed by atoms with E-state index in [4.69, 9.17) is 15.2 Å². The Morgan fingerprint density at radius 1 is 1.24 bits per heavy atom. The first kappa shape index (κ1) is 20.7. The summed E-state index contributed by atoms with van der Waals surface area (Å²) >= 11 is 1.53. The monoisotopic (exact) mass is 414 g/mol. The molecule has 3 rings (SSSR count). The van der Waals surface area contributed by atoms with E-state index in [1.54, 1.807) is 14.2 Å². The van der Waals surface area contributed by atoms with E-state index in [0.29, 0.717) is 23.6 Å². The molecule has 0 unspecified atom stereocenters. The van der Waals surface area contributed by atoms with E-state index in [2.05, 4.69) is 28.7 Å². The molecular formula is C21H26N4O3S. The van der Waals surface area contributed by atoms with E-state index in [0.717, 1.165) is 27.8 Å². The second-order valence-electron chi connectivity index (χ2n) is 7.01. The van der Waals surface area contributed by atoms with Crippen LogP contribution in [-0.2, 0) is 6.54 Å². The molecule has 0 aliphatic heterocycles. The summed E-state index contributed by atoms with van der Waals surface area (Å²) in [6, 6.07) is 7.87. The van der Waals surface area contributed by atoms with E-state index in [1.807, 2.05) is 36.6 Å². The molecule has 0 aliphatic rings. The number of thiazole rings is 1. The molecule has 1 amide bonds. The van der Waals surface area contributed by atoms with Crippen molar-refractivity contribution in [3.05, 3.63) is 46.5 Å². The van der Waals surface area contributed by atoms with Crippen molar-refractivity contribution in [3.8, 4) is 22.9 Å². The lowest BCUT2D eigenvalue weighted by molar-refractivity contribution is 0.0999. The van der Waals surface area contributed by atoms with Gasteiger partial charge in [-0.2, -0.15) is 0 Å². The van der Waals surface area contributed by atoms with Crippen LogP contribution in [0.4, 0.5) is 5.13 Å². The standard InChI is InChI=1S/C21H26N4O3S/c1-12(2)23-21-24-16(11-29-21)17-9-15(20(22)26)13(3)25(17)10-14-6-7-18(27-4)19(8-14)28-5/h6-9,11-12H,10H2,1-5H3,(H2,22,26)(H,23,24). The minimum atomic E-state index is -0.453. The Balaban J connectivity index is 2.04. The second-order valence-corrected chi connectivity index (χ2v) is 7.86. The van der Waals surface area contributed by atoms with Crippen LogP contribution < -0.4 is 20.5 Å². The third-order valence-corrected chi connectivity index (χ3v) is 5.37. The Kier molecular flexibility index (Phi) is 6.12. The highest BCUT2D eigenvalue weighted by Crippen LogP contribution is 2.32. The van der Waals surface area contributed by atoms with Gasteiger partial charge in [-0.3, -0.25) is 4.79 Å². The zero-order valence-electron chi connectivity index (χ0n) is 17.3. The highest BCUT2D eigenvalue weighted by Gasteiger charge is 2.19. The highest BCUT2D eigenvalue weighted by atomic mass is 32.1. The molecule has 29 heavy (non-hydrogen) atoms. The predicted octanol–water partition coefficient (Wildman–Crippen LogP) is 3.90. The van der Waals surface area contributed by atoms with Crippen LogP contribution in [0.25, 0.3) is 11.4 Å². The molecule has 0 saturated heterocycles. The molecule has 0 bridgehead atoms. The second kappa shape index (κ2) is 8.57. The fourth-order valence-corrected chi connectivity index (χ4v) is 4.03. The minimum absolute atomic E-state index is 0.287. The molecule has 0 radical (unpaired) electrons. The van der Waals surface area contributed by atoms with Crippen LogP contribution in [-0.4, -0.2) is 35.7 Å². The van der Waals surface area contributed by atoms with Crippen LogP contribution in [0.3, 0.4) is 0 Å². The fourth-order valence-electron chi connectivity index (χ4n) is 3.18. The smallest absolute Gasteiger partial charge is 0.250 e. The number of anilines is 1. The molecular weight excluding hydrogens is 388 g/mol. The summed E-state index contributed by atoms with van der Waals surface area (Å²) in [4.78, 5) is 16.6. The summed E-state index contributed by atoms with van der Waals surface area (Å²) in [5, 5.41) is 6.13. The van der Waals surface area contributed by atoms with E-state index < -0.39 is 5.91 Å². The molecule has 1 aromatic carbocycles. The Bertz CT molecular complexity index is 1020. The molecule has 3 aromatic rings. The molecule has 154 valence electrons. The Labute approximate surface area is 174 Å². The highest BCUT2D eigenvalue weighted by molar-refractivity contribution is 7.14. The molecule has 0 fully saturated rings. The summed E-state index contributed by atoms with van der Waals surface area (Å²) in [5.41, 5.74) is 9.55. The summed E-state index contributed by atoms with van der Waals surface area (Å²) in [7, 11) is 3.22. The quantitative estimate of drug-likeness (QED) is 0.583. The molecule has 8 heteroatoms. The molecule has 2 heterocycles. The number of carbonyl (C=O) groups excluding carboxylic acids is 1. The van der Waals surface area contributed by atoms with E-state index in [1.165, 1.54) is 11.3 Å². The summed E-state index contributed by atoms with van der Waals surface area (Å²) < 4.78 is 12.8. The largest absolute Gasteiger partial charge is 0.493 e. The van der Waals surface area contributed by atoms with Gasteiger partial charge < -0.3 is 25.1 Å². The number of aromatic nitrogens is 2. The van der Waals surface area contributed by atoms with Gasteiger partial charge in [-0.05, 0) is 44.5 Å². The first-order valence-electron chi connectivity index (χ1n) is 9.27. The number of carbonyl (C=O) groups is 1. The molecule has 7 nitrogen and oxygen atoms in total. The van der Waals surface area contributed by atoms with Crippen molar-refractivity contribution in [2.75, 3.05) is 19.5 Å². The normalized spacial score (nSPS) is 11.0. The number of methoxy groups -OCH3 is 2. The summed E-state index contributed by atoms with van der Waals surface area (Å²) in [5.74, 6) is 0.872. The molecule has 0 spiro atoms. The Morgan fingerprint density at radius 2 is 1.97 bits per heavy atom. The van der Waals surface area contributed by atoms with Crippen molar-refractivity contribution in [3.63, 3.8) is 0 Å². The fraction of sp³-hybridized carbons (Fsp3) is 0.333. The van der Waals surface area contributed by atoms with Gasteiger partial charge >= 0.3 is 0 Å². The Hall–Kier alpha value is -3.00. The number of nitrogens with zero attached hydrogens (tertiary/aromatic N) is 2. The molecule has 3 N–H and O–H groups in total. The van der Waals surface area contributed by atoms with Gasteiger partial charge in [0.25, 0.3) is 5.91 Å². The van der Waals surface area contributed by atoms with Crippen LogP contribution in [0.5, 0.6) is 11.5 Å². The third kappa shape index (κ3) is 4.37. The molecule has 0 aliphatic carbocycles. The maximum Gasteiger partial charge on any atom is 0.250 e. The van der Waals surface area contributed by atoms with Gasteiger partial charge in [-0.25, -0.2) is 4.98 Å². The van der Waals surface area contributed by atoms with Crippen LogP contribution in [0.15, 0.2) is 29.6 Å². The third-order valence-electron chi connectivity index (χ3n) is 4.60. The number of primary amides is 1. The van der Waals surface area contributed by atoms with Crippen molar-refractivity contribution in [1.82, 2.24) is 9.55 Å². The lowest BCUT2D eigenvalue weighted by Gasteiger charge is -2.13. The van der Waals surface area contributed by atoms with Crippen molar-refractivity contribution in [1.29, 1.82) is 0 Å².